The van der Waals surface area contributed by atoms with E-state index in [1.807, 2.05) is 0 Å². The zero-order valence-corrected chi connectivity index (χ0v) is 14.3. The Balaban J connectivity index is 2.17. The second-order valence-corrected chi connectivity index (χ2v) is 6.16. The Morgan fingerprint density at radius 2 is 1.84 bits per heavy atom. The van der Waals surface area contributed by atoms with Crippen LogP contribution in [0.1, 0.15) is 6.42 Å². The quantitative estimate of drug-likeness (QED) is 0.578. The van der Waals surface area contributed by atoms with Gasteiger partial charge in [0, 0.05) is 12.5 Å². The molecule has 0 bridgehead atoms. The van der Waals surface area contributed by atoms with Crippen molar-refractivity contribution in [1.82, 2.24) is 5.01 Å². The topological polar surface area (TPSA) is 62.1 Å². The number of ether oxygens (including phenoxy) is 1. The average molecular weight is 424 g/mol. The SMILES string of the molecule is O=C(COc1cc(Cl)c(Cl)cc1Cl)N1N=C(C(F)F)C[C@]1(O)C(F)F. The molecule has 0 spiro atoms. The number of alkyl halides is 4. The van der Waals surface area contributed by atoms with Crippen molar-refractivity contribution >= 4 is 46.4 Å². The van der Waals surface area contributed by atoms with Gasteiger partial charge in [0.25, 0.3) is 18.8 Å². The second-order valence-electron chi connectivity index (χ2n) is 4.94. The molecular formula is C13H9Cl3F4N2O3. The van der Waals surface area contributed by atoms with Gasteiger partial charge in [-0.1, -0.05) is 34.8 Å². The molecule has 1 aromatic carbocycles. The van der Waals surface area contributed by atoms with Crippen molar-refractivity contribution in [2.45, 2.75) is 25.0 Å². The number of hydrogen-bond donors (Lipinski definition) is 1. The minimum absolute atomic E-state index is 0.0236. The highest BCUT2D eigenvalue weighted by atomic mass is 35.5. The summed E-state index contributed by atoms with van der Waals surface area (Å²) in [7, 11) is 0. The number of rotatable bonds is 5. The van der Waals surface area contributed by atoms with Crippen LogP contribution < -0.4 is 4.74 Å². The number of hydrazone groups is 1. The summed E-state index contributed by atoms with van der Waals surface area (Å²) in [5.74, 6) is -1.37. The van der Waals surface area contributed by atoms with Gasteiger partial charge in [0.2, 0.25) is 5.72 Å². The normalized spacial score (nSPS) is 20.4. The zero-order chi connectivity index (χ0) is 18.9. The van der Waals surface area contributed by atoms with Gasteiger partial charge in [-0.25, -0.2) is 17.6 Å². The van der Waals surface area contributed by atoms with Gasteiger partial charge >= 0.3 is 0 Å². The van der Waals surface area contributed by atoms with E-state index < -0.39 is 43.2 Å². The van der Waals surface area contributed by atoms with Gasteiger partial charge in [-0.2, -0.15) is 10.1 Å². The van der Waals surface area contributed by atoms with Crippen LogP contribution in [0, 0.1) is 0 Å². The first-order valence-corrected chi connectivity index (χ1v) is 7.66. The maximum absolute atomic E-state index is 13.0. The Morgan fingerprint density at radius 1 is 1.24 bits per heavy atom. The Bertz CT molecular complexity index is 720. The highest BCUT2D eigenvalue weighted by Gasteiger charge is 2.53. The van der Waals surface area contributed by atoms with E-state index in [9.17, 15) is 27.5 Å². The summed E-state index contributed by atoms with van der Waals surface area (Å²) in [4.78, 5) is 12.0. The number of benzene rings is 1. The molecule has 1 aliphatic rings. The average Bonchev–Trinajstić information content (AvgIpc) is 2.89. The van der Waals surface area contributed by atoms with E-state index >= 15 is 0 Å². The third-order valence-electron chi connectivity index (χ3n) is 3.20. The molecule has 0 fully saturated rings. The number of aliphatic hydroxyl groups is 1. The molecule has 0 aliphatic carbocycles. The van der Waals surface area contributed by atoms with E-state index in [1.165, 1.54) is 12.1 Å². The van der Waals surface area contributed by atoms with Gasteiger partial charge in [-0.05, 0) is 6.07 Å². The molecule has 1 aromatic rings. The molecule has 0 unspecified atom stereocenters. The third kappa shape index (κ3) is 4.11. The van der Waals surface area contributed by atoms with Crippen molar-refractivity contribution in [1.29, 1.82) is 0 Å². The van der Waals surface area contributed by atoms with Crippen LogP contribution in [0.3, 0.4) is 0 Å². The zero-order valence-electron chi connectivity index (χ0n) is 12.0. The lowest BCUT2D eigenvalue weighted by atomic mass is 10.1. The summed E-state index contributed by atoms with van der Waals surface area (Å²) in [5, 5.41) is 13.0. The van der Waals surface area contributed by atoms with Crippen LogP contribution in [-0.4, -0.2) is 46.9 Å². The van der Waals surface area contributed by atoms with Gasteiger partial charge in [0.1, 0.15) is 11.5 Å². The van der Waals surface area contributed by atoms with Crippen molar-refractivity contribution in [3.63, 3.8) is 0 Å². The standard InChI is InChI=1S/C13H9Cl3F4N2O3/c14-5-1-7(16)9(2-6(5)15)25-4-10(23)22-13(24,12(19)20)3-8(21-22)11(17)18/h1-2,11-12,24H,3-4H2/t13-/m0/s1. The maximum Gasteiger partial charge on any atom is 0.287 e. The molecule has 5 nitrogen and oxygen atoms in total. The van der Waals surface area contributed by atoms with Crippen LogP contribution in [-0.2, 0) is 4.79 Å². The minimum atomic E-state index is -3.52. The van der Waals surface area contributed by atoms with Gasteiger partial charge in [-0.15, -0.1) is 0 Å². The fourth-order valence-electron chi connectivity index (χ4n) is 1.97. The van der Waals surface area contributed by atoms with Gasteiger partial charge < -0.3 is 9.84 Å². The van der Waals surface area contributed by atoms with E-state index in [1.54, 1.807) is 0 Å². The molecule has 1 atom stereocenters. The summed E-state index contributed by atoms with van der Waals surface area (Å²) in [6, 6.07) is 2.40. The molecule has 1 N–H and O–H groups in total. The van der Waals surface area contributed by atoms with E-state index in [4.69, 9.17) is 39.5 Å². The first-order valence-electron chi connectivity index (χ1n) is 6.52. The molecule has 25 heavy (non-hydrogen) atoms. The fraction of sp³-hybridized carbons (Fsp3) is 0.385. The summed E-state index contributed by atoms with van der Waals surface area (Å²) in [6.07, 6.45) is -7.90. The van der Waals surface area contributed by atoms with Crippen molar-refractivity contribution < 1.29 is 32.2 Å². The van der Waals surface area contributed by atoms with Crippen molar-refractivity contribution in [3.05, 3.63) is 27.2 Å². The van der Waals surface area contributed by atoms with E-state index in [2.05, 4.69) is 5.10 Å². The Morgan fingerprint density at radius 3 is 2.40 bits per heavy atom. The van der Waals surface area contributed by atoms with E-state index in [-0.39, 0.29) is 25.8 Å². The molecule has 1 aliphatic heterocycles. The summed E-state index contributed by atoms with van der Waals surface area (Å²) in [5.41, 5.74) is -4.21. The van der Waals surface area contributed by atoms with Crippen LogP contribution in [0.5, 0.6) is 5.75 Å². The van der Waals surface area contributed by atoms with Crippen LogP contribution in [0.15, 0.2) is 17.2 Å². The predicted molar refractivity (Wildman–Crippen MR) is 82.8 cm³/mol. The van der Waals surface area contributed by atoms with Crippen LogP contribution in [0.2, 0.25) is 15.1 Å². The van der Waals surface area contributed by atoms with Crippen LogP contribution in [0.4, 0.5) is 17.6 Å². The first-order chi connectivity index (χ1) is 11.6. The summed E-state index contributed by atoms with van der Waals surface area (Å²) in [6.45, 7) is -0.910. The number of carbonyl (C=O) groups is 1. The summed E-state index contributed by atoms with van der Waals surface area (Å²) >= 11 is 17.3. The lowest BCUT2D eigenvalue weighted by molar-refractivity contribution is -0.193. The molecule has 0 aromatic heterocycles. The summed E-state index contributed by atoms with van der Waals surface area (Å²) < 4.78 is 56.5. The molecular weight excluding hydrogens is 415 g/mol. The van der Waals surface area contributed by atoms with Crippen LogP contribution >= 0.6 is 34.8 Å². The molecule has 1 heterocycles. The van der Waals surface area contributed by atoms with Crippen LogP contribution in [0.25, 0.3) is 0 Å². The minimum Gasteiger partial charge on any atom is -0.482 e. The van der Waals surface area contributed by atoms with Gasteiger partial charge in [0.05, 0.1) is 15.1 Å². The maximum atomic E-state index is 13.0. The Hall–Kier alpha value is -1.29. The Labute approximate surface area is 153 Å². The van der Waals surface area contributed by atoms with Gasteiger partial charge in [0.15, 0.2) is 6.61 Å². The van der Waals surface area contributed by atoms with Crippen molar-refractivity contribution in [2.24, 2.45) is 5.10 Å². The van der Waals surface area contributed by atoms with Crippen molar-refractivity contribution in [2.75, 3.05) is 6.61 Å². The lowest BCUT2D eigenvalue weighted by Crippen LogP contribution is -2.52. The Kier molecular flexibility index (Phi) is 6.03. The number of halogens is 7. The molecule has 12 heteroatoms. The predicted octanol–water partition coefficient (Wildman–Crippen LogP) is 3.83. The molecule has 0 saturated carbocycles. The van der Waals surface area contributed by atoms with E-state index in [0.717, 1.165) is 0 Å². The van der Waals surface area contributed by atoms with Gasteiger partial charge in [-0.3, -0.25) is 4.79 Å². The molecule has 138 valence electrons. The number of carbonyl (C=O) groups excluding carboxylic acids is 1. The molecule has 2 rings (SSSR count). The monoisotopic (exact) mass is 422 g/mol. The number of nitrogens with zero attached hydrogens (tertiary/aromatic N) is 2. The third-order valence-corrected chi connectivity index (χ3v) is 4.22. The number of hydrogen-bond acceptors (Lipinski definition) is 4. The highest BCUT2D eigenvalue weighted by Crippen LogP contribution is 2.35. The highest BCUT2D eigenvalue weighted by molar-refractivity contribution is 6.43. The smallest absolute Gasteiger partial charge is 0.287 e. The fourth-order valence-corrected chi connectivity index (χ4v) is 2.56. The second kappa shape index (κ2) is 7.53. The van der Waals surface area contributed by atoms with E-state index in [0.29, 0.717) is 0 Å². The number of amides is 1. The lowest BCUT2D eigenvalue weighted by Gasteiger charge is -2.29. The largest absolute Gasteiger partial charge is 0.482 e. The first kappa shape index (κ1) is 20.0. The van der Waals surface area contributed by atoms with Crippen molar-refractivity contribution in [3.8, 4) is 5.75 Å². The molecule has 1 amide bonds. The molecule has 0 radical (unpaired) electrons. The molecule has 0 saturated heterocycles.